The average Bonchev–Trinajstić information content (AvgIpc) is 2.74. The number of carbonyl (C=O) groups is 1. The third-order valence-electron chi connectivity index (χ3n) is 3.38. The first-order valence-electron chi connectivity index (χ1n) is 5.50. The lowest BCUT2D eigenvalue weighted by Gasteiger charge is -2.37. The fourth-order valence-corrected chi connectivity index (χ4v) is 2.16. The minimum atomic E-state index is 0.0998. The molecule has 0 bridgehead atoms. The molecule has 0 saturated carbocycles. The van der Waals surface area contributed by atoms with Gasteiger partial charge in [-0.2, -0.15) is 5.10 Å². The van der Waals surface area contributed by atoms with Crippen molar-refractivity contribution in [2.75, 3.05) is 6.54 Å². The molecule has 1 aromatic rings. The highest BCUT2D eigenvalue weighted by Gasteiger charge is 2.29. The van der Waals surface area contributed by atoms with Crippen LogP contribution in [0.15, 0.2) is 12.4 Å². The summed E-state index contributed by atoms with van der Waals surface area (Å²) in [5, 5.41) is 6.49. The van der Waals surface area contributed by atoms with Crippen molar-refractivity contribution in [2.45, 2.75) is 32.7 Å². The first-order valence-corrected chi connectivity index (χ1v) is 5.50. The van der Waals surface area contributed by atoms with Crippen molar-refractivity contribution in [3.8, 4) is 0 Å². The fourth-order valence-electron chi connectivity index (χ4n) is 2.16. The maximum absolute atomic E-state index is 12.1. The molecular weight excluding hydrogens is 190 g/mol. The molecule has 1 aliphatic heterocycles. The molecule has 2 atom stereocenters. The van der Waals surface area contributed by atoms with Crippen LogP contribution >= 0.6 is 0 Å². The van der Waals surface area contributed by atoms with E-state index >= 15 is 0 Å². The molecule has 0 aliphatic carbocycles. The van der Waals surface area contributed by atoms with Crippen LogP contribution in [0, 0.1) is 5.92 Å². The SMILES string of the molecule is CC1CCCN(C(=O)c2cn[nH]c2)C1C. The zero-order valence-electron chi connectivity index (χ0n) is 9.23. The molecule has 1 aromatic heterocycles. The number of aromatic nitrogens is 2. The maximum atomic E-state index is 12.1. The van der Waals surface area contributed by atoms with E-state index in [4.69, 9.17) is 0 Å². The summed E-state index contributed by atoms with van der Waals surface area (Å²) in [6, 6.07) is 0.334. The van der Waals surface area contributed by atoms with Gasteiger partial charge in [0.15, 0.2) is 0 Å². The lowest BCUT2D eigenvalue weighted by molar-refractivity contribution is 0.0551. The highest BCUT2D eigenvalue weighted by atomic mass is 16.2. The molecule has 15 heavy (non-hydrogen) atoms. The molecule has 2 heterocycles. The molecule has 4 heteroatoms. The van der Waals surface area contributed by atoms with Crippen LogP contribution in [0.1, 0.15) is 37.0 Å². The monoisotopic (exact) mass is 207 g/mol. The van der Waals surface area contributed by atoms with Gasteiger partial charge < -0.3 is 4.90 Å². The van der Waals surface area contributed by atoms with Gasteiger partial charge in [0.1, 0.15) is 0 Å². The number of hydrogen-bond donors (Lipinski definition) is 1. The Kier molecular flexibility index (Phi) is 2.75. The van der Waals surface area contributed by atoms with E-state index in [0.29, 0.717) is 17.5 Å². The Balaban J connectivity index is 2.13. The van der Waals surface area contributed by atoms with Crippen LogP contribution in [0.4, 0.5) is 0 Å². The molecule has 2 unspecified atom stereocenters. The molecule has 1 amide bonds. The minimum absolute atomic E-state index is 0.0998. The van der Waals surface area contributed by atoms with Crippen LogP contribution in [0.3, 0.4) is 0 Å². The van der Waals surface area contributed by atoms with Gasteiger partial charge in [-0.15, -0.1) is 0 Å². The Bertz CT molecular complexity index is 334. The van der Waals surface area contributed by atoms with Gasteiger partial charge >= 0.3 is 0 Å². The van der Waals surface area contributed by atoms with E-state index < -0.39 is 0 Å². The molecule has 0 radical (unpaired) electrons. The van der Waals surface area contributed by atoms with Crippen molar-refractivity contribution >= 4 is 5.91 Å². The largest absolute Gasteiger partial charge is 0.336 e. The number of H-pyrrole nitrogens is 1. The third-order valence-corrected chi connectivity index (χ3v) is 3.38. The van der Waals surface area contributed by atoms with Crippen molar-refractivity contribution in [1.29, 1.82) is 0 Å². The van der Waals surface area contributed by atoms with Gasteiger partial charge in [-0.05, 0) is 25.7 Å². The summed E-state index contributed by atoms with van der Waals surface area (Å²) in [6.45, 7) is 5.21. The number of piperidine rings is 1. The summed E-state index contributed by atoms with van der Waals surface area (Å²) in [5.41, 5.74) is 0.663. The summed E-state index contributed by atoms with van der Waals surface area (Å²) in [7, 11) is 0. The van der Waals surface area contributed by atoms with E-state index in [1.165, 1.54) is 6.42 Å². The first kappa shape index (κ1) is 10.2. The lowest BCUT2D eigenvalue weighted by atomic mass is 9.92. The first-order chi connectivity index (χ1) is 7.20. The number of rotatable bonds is 1. The van der Waals surface area contributed by atoms with Gasteiger partial charge in [0.25, 0.3) is 5.91 Å². The number of carbonyl (C=O) groups excluding carboxylic acids is 1. The average molecular weight is 207 g/mol. The predicted octanol–water partition coefficient (Wildman–Crippen LogP) is 1.67. The number of nitrogens with one attached hydrogen (secondary N) is 1. The highest BCUT2D eigenvalue weighted by Crippen LogP contribution is 2.24. The summed E-state index contributed by atoms with van der Waals surface area (Å²) in [4.78, 5) is 14.0. The number of nitrogens with zero attached hydrogens (tertiary/aromatic N) is 2. The van der Waals surface area contributed by atoms with Crippen molar-refractivity contribution in [3.63, 3.8) is 0 Å². The molecule has 1 fully saturated rings. The number of aromatic amines is 1. The molecular formula is C11H17N3O. The van der Waals surface area contributed by atoms with Gasteiger partial charge in [-0.1, -0.05) is 6.92 Å². The number of amides is 1. The maximum Gasteiger partial charge on any atom is 0.257 e. The van der Waals surface area contributed by atoms with Gasteiger partial charge in [0.2, 0.25) is 0 Å². The second-order valence-electron chi connectivity index (χ2n) is 4.35. The van der Waals surface area contributed by atoms with Crippen LogP contribution < -0.4 is 0 Å². The smallest absolute Gasteiger partial charge is 0.257 e. The van der Waals surface area contributed by atoms with Crippen molar-refractivity contribution < 1.29 is 4.79 Å². The van der Waals surface area contributed by atoms with E-state index in [0.717, 1.165) is 13.0 Å². The fraction of sp³-hybridized carbons (Fsp3) is 0.636. The van der Waals surface area contributed by atoms with Gasteiger partial charge in [-0.3, -0.25) is 9.89 Å². The summed E-state index contributed by atoms with van der Waals surface area (Å²) >= 11 is 0. The van der Waals surface area contributed by atoms with E-state index in [9.17, 15) is 4.79 Å². The van der Waals surface area contributed by atoms with Crippen LogP contribution in [0.2, 0.25) is 0 Å². The van der Waals surface area contributed by atoms with Crippen molar-refractivity contribution in [1.82, 2.24) is 15.1 Å². The molecule has 4 nitrogen and oxygen atoms in total. The Labute approximate surface area is 89.7 Å². The normalized spacial score (nSPS) is 26.7. The summed E-state index contributed by atoms with van der Waals surface area (Å²) < 4.78 is 0. The quantitative estimate of drug-likeness (QED) is 0.761. The molecule has 1 aliphatic rings. The van der Waals surface area contributed by atoms with E-state index in [2.05, 4.69) is 24.0 Å². The Morgan fingerprint density at radius 2 is 2.40 bits per heavy atom. The summed E-state index contributed by atoms with van der Waals surface area (Å²) in [5.74, 6) is 0.692. The van der Waals surface area contributed by atoms with Crippen LogP contribution in [0.25, 0.3) is 0 Å². The zero-order chi connectivity index (χ0) is 10.8. The molecule has 82 valence electrons. The van der Waals surface area contributed by atoms with Crippen LogP contribution in [-0.4, -0.2) is 33.6 Å². The van der Waals surface area contributed by atoms with Gasteiger partial charge in [0.05, 0.1) is 11.8 Å². The summed E-state index contributed by atoms with van der Waals surface area (Å²) in [6.07, 6.45) is 5.58. The number of likely N-dealkylation sites (tertiary alicyclic amines) is 1. The minimum Gasteiger partial charge on any atom is -0.336 e. The molecule has 1 N–H and O–H groups in total. The van der Waals surface area contributed by atoms with Crippen LogP contribution in [0.5, 0.6) is 0 Å². The Hall–Kier alpha value is -1.32. The lowest BCUT2D eigenvalue weighted by Crippen LogP contribution is -2.45. The molecule has 0 spiro atoms. The second kappa shape index (κ2) is 4.04. The number of hydrogen-bond acceptors (Lipinski definition) is 2. The van der Waals surface area contributed by atoms with Crippen LogP contribution in [-0.2, 0) is 0 Å². The van der Waals surface area contributed by atoms with E-state index in [1.807, 2.05) is 4.90 Å². The molecule has 0 aromatic carbocycles. The van der Waals surface area contributed by atoms with E-state index in [-0.39, 0.29) is 5.91 Å². The van der Waals surface area contributed by atoms with Gasteiger partial charge in [-0.25, -0.2) is 0 Å². The topological polar surface area (TPSA) is 49.0 Å². The van der Waals surface area contributed by atoms with E-state index in [1.54, 1.807) is 12.4 Å². The zero-order valence-corrected chi connectivity index (χ0v) is 9.23. The van der Waals surface area contributed by atoms with Gasteiger partial charge in [0, 0.05) is 18.8 Å². The molecule has 2 rings (SSSR count). The Morgan fingerprint density at radius 1 is 1.60 bits per heavy atom. The Morgan fingerprint density at radius 3 is 3.07 bits per heavy atom. The van der Waals surface area contributed by atoms with Crippen molar-refractivity contribution in [2.24, 2.45) is 5.92 Å². The molecule has 1 saturated heterocycles. The third kappa shape index (κ3) is 1.89. The standard InChI is InChI=1S/C11H17N3O/c1-8-4-3-5-14(9(8)2)11(15)10-6-12-13-7-10/h6-9H,3-5H2,1-2H3,(H,12,13). The second-order valence-corrected chi connectivity index (χ2v) is 4.35. The van der Waals surface area contributed by atoms with Crippen molar-refractivity contribution in [3.05, 3.63) is 18.0 Å². The predicted molar refractivity (Wildman–Crippen MR) is 57.5 cm³/mol. The highest BCUT2D eigenvalue weighted by molar-refractivity contribution is 5.93.